The second kappa shape index (κ2) is 5.99. The van der Waals surface area contributed by atoms with E-state index in [2.05, 4.69) is 10.4 Å². The average Bonchev–Trinajstić information content (AvgIpc) is 2.78. The zero-order valence-electron chi connectivity index (χ0n) is 10.1. The van der Waals surface area contributed by atoms with Crippen LogP contribution in [0.15, 0.2) is 24.4 Å². The Morgan fingerprint density at radius 2 is 2.11 bits per heavy atom. The first-order valence-electron chi connectivity index (χ1n) is 5.38. The summed E-state index contributed by atoms with van der Waals surface area (Å²) in [5.74, 6) is 0. The van der Waals surface area contributed by atoms with E-state index in [4.69, 9.17) is 23.2 Å². The lowest BCUT2D eigenvalue weighted by atomic mass is 10.2. The Hall–Kier alpha value is -0.650. The molecular weight excluding hydrogens is 289 g/mol. The van der Waals surface area contributed by atoms with E-state index in [1.54, 1.807) is 17.4 Å². The van der Waals surface area contributed by atoms with E-state index in [9.17, 15) is 0 Å². The van der Waals surface area contributed by atoms with E-state index in [0.717, 1.165) is 15.4 Å². The molecule has 0 fully saturated rings. The molecule has 1 heterocycles. The largest absolute Gasteiger partial charge is 0.250 e. The van der Waals surface area contributed by atoms with Gasteiger partial charge in [0.1, 0.15) is 5.01 Å². The lowest BCUT2D eigenvalue weighted by Gasteiger charge is -2.09. The van der Waals surface area contributed by atoms with Gasteiger partial charge in [-0.1, -0.05) is 35.3 Å². The fraction of sp³-hybridized carbons (Fsp3) is 0.250. The van der Waals surface area contributed by atoms with Crippen LogP contribution in [0.5, 0.6) is 0 Å². The fourth-order valence-corrected chi connectivity index (χ4v) is 2.78. The molecule has 0 saturated carbocycles. The number of benzene rings is 1. The summed E-state index contributed by atoms with van der Waals surface area (Å²) in [7, 11) is 3.89. The number of thiazole rings is 1. The molecule has 2 aromatic rings. The van der Waals surface area contributed by atoms with Crippen LogP contribution in [0.25, 0.3) is 10.4 Å². The highest BCUT2D eigenvalue weighted by molar-refractivity contribution is 7.15. The van der Waals surface area contributed by atoms with Crippen LogP contribution in [0.1, 0.15) is 5.01 Å². The van der Waals surface area contributed by atoms with Gasteiger partial charge in [-0.25, -0.2) is 10.4 Å². The summed E-state index contributed by atoms with van der Waals surface area (Å²) in [6, 6.07) is 5.62. The first kappa shape index (κ1) is 13.8. The number of hydrogen-bond donors (Lipinski definition) is 1. The molecule has 18 heavy (non-hydrogen) atoms. The zero-order valence-corrected chi connectivity index (χ0v) is 12.4. The lowest BCUT2D eigenvalue weighted by Crippen LogP contribution is -2.29. The summed E-state index contributed by atoms with van der Waals surface area (Å²) in [6.07, 6.45) is 1.83. The first-order chi connectivity index (χ1) is 8.58. The zero-order chi connectivity index (χ0) is 13.1. The third-order valence-corrected chi connectivity index (χ3v) is 4.17. The molecule has 2 rings (SSSR count). The number of rotatable bonds is 4. The van der Waals surface area contributed by atoms with E-state index in [0.29, 0.717) is 16.6 Å². The van der Waals surface area contributed by atoms with Crippen LogP contribution in [0.2, 0.25) is 10.0 Å². The number of hydrogen-bond acceptors (Lipinski definition) is 4. The predicted molar refractivity (Wildman–Crippen MR) is 78.1 cm³/mol. The van der Waals surface area contributed by atoms with Gasteiger partial charge in [0.25, 0.3) is 0 Å². The SMILES string of the molecule is CN(C)NCc1ncc(-c2cccc(Cl)c2Cl)s1. The lowest BCUT2D eigenvalue weighted by molar-refractivity contribution is 0.286. The predicted octanol–water partition coefficient (Wildman–Crippen LogP) is 3.68. The molecule has 96 valence electrons. The molecule has 1 aromatic heterocycles. The van der Waals surface area contributed by atoms with Crippen LogP contribution in [0, 0.1) is 0 Å². The highest BCUT2D eigenvalue weighted by Gasteiger charge is 2.10. The minimum atomic E-state index is 0.565. The molecule has 0 saturated heterocycles. The van der Waals surface area contributed by atoms with Crippen LogP contribution < -0.4 is 5.43 Å². The van der Waals surface area contributed by atoms with Crippen molar-refractivity contribution in [2.45, 2.75) is 6.54 Å². The number of nitrogens with one attached hydrogen (secondary N) is 1. The summed E-state index contributed by atoms with van der Waals surface area (Å²) in [6.45, 7) is 0.704. The first-order valence-corrected chi connectivity index (χ1v) is 6.95. The van der Waals surface area contributed by atoms with Crippen LogP contribution >= 0.6 is 34.5 Å². The molecule has 3 nitrogen and oxygen atoms in total. The van der Waals surface area contributed by atoms with E-state index < -0.39 is 0 Å². The second-order valence-corrected chi connectivity index (χ2v) is 5.85. The average molecular weight is 302 g/mol. The van der Waals surface area contributed by atoms with E-state index in [1.165, 1.54) is 0 Å². The van der Waals surface area contributed by atoms with Crippen LogP contribution in [-0.2, 0) is 6.54 Å². The molecule has 0 aliphatic rings. The van der Waals surface area contributed by atoms with Crippen molar-refractivity contribution in [3.05, 3.63) is 39.4 Å². The van der Waals surface area contributed by atoms with Crippen molar-refractivity contribution in [3.63, 3.8) is 0 Å². The Balaban J connectivity index is 2.21. The van der Waals surface area contributed by atoms with Gasteiger partial charge in [-0.3, -0.25) is 5.01 Å². The van der Waals surface area contributed by atoms with Crippen LogP contribution in [-0.4, -0.2) is 24.1 Å². The van der Waals surface area contributed by atoms with Gasteiger partial charge in [0.05, 0.1) is 21.5 Å². The van der Waals surface area contributed by atoms with Crippen molar-refractivity contribution in [1.29, 1.82) is 0 Å². The van der Waals surface area contributed by atoms with Gasteiger partial charge < -0.3 is 0 Å². The molecule has 6 heteroatoms. The summed E-state index contributed by atoms with van der Waals surface area (Å²) in [5.41, 5.74) is 4.10. The highest BCUT2D eigenvalue weighted by Crippen LogP contribution is 2.36. The van der Waals surface area contributed by atoms with Crippen molar-refractivity contribution < 1.29 is 0 Å². The maximum Gasteiger partial charge on any atom is 0.108 e. The molecule has 0 atom stereocenters. The Labute approximate surface area is 120 Å². The topological polar surface area (TPSA) is 28.2 Å². The summed E-state index contributed by atoms with van der Waals surface area (Å²) >= 11 is 13.8. The minimum absolute atomic E-state index is 0.565. The molecule has 0 bridgehead atoms. The van der Waals surface area contributed by atoms with Gasteiger partial charge in [-0.2, -0.15) is 0 Å². The van der Waals surface area contributed by atoms with E-state index in [-0.39, 0.29) is 0 Å². The van der Waals surface area contributed by atoms with E-state index in [1.807, 2.05) is 37.4 Å². The van der Waals surface area contributed by atoms with Gasteiger partial charge in [0.15, 0.2) is 0 Å². The monoisotopic (exact) mass is 301 g/mol. The normalized spacial score (nSPS) is 11.2. The molecule has 0 radical (unpaired) electrons. The molecular formula is C12H13Cl2N3S. The smallest absolute Gasteiger partial charge is 0.108 e. The Bertz CT molecular complexity index is 540. The summed E-state index contributed by atoms with van der Waals surface area (Å²) < 4.78 is 0. The molecule has 0 spiro atoms. The van der Waals surface area contributed by atoms with Gasteiger partial charge in [0.2, 0.25) is 0 Å². The maximum absolute atomic E-state index is 6.19. The second-order valence-electron chi connectivity index (χ2n) is 3.95. The third-order valence-electron chi connectivity index (χ3n) is 2.32. The molecule has 0 amide bonds. The number of hydrazine groups is 1. The number of nitrogens with zero attached hydrogens (tertiary/aromatic N) is 2. The molecule has 0 aliphatic carbocycles. The molecule has 0 aliphatic heterocycles. The van der Waals surface area contributed by atoms with Crippen molar-refractivity contribution in [3.8, 4) is 10.4 Å². The molecule has 0 unspecified atom stereocenters. The van der Waals surface area contributed by atoms with Crippen molar-refractivity contribution in [1.82, 2.24) is 15.4 Å². The van der Waals surface area contributed by atoms with Gasteiger partial charge in [-0.05, 0) is 6.07 Å². The fourth-order valence-electron chi connectivity index (χ4n) is 1.44. The van der Waals surface area contributed by atoms with Gasteiger partial charge in [-0.15, -0.1) is 11.3 Å². The summed E-state index contributed by atoms with van der Waals surface area (Å²) in [4.78, 5) is 5.39. The summed E-state index contributed by atoms with van der Waals surface area (Å²) in [5, 5.41) is 4.05. The Morgan fingerprint density at radius 1 is 1.33 bits per heavy atom. The van der Waals surface area contributed by atoms with Crippen LogP contribution in [0.4, 0.5) is 0 Å². The van der Waals surface area contributed by atoms with Gasteiger partial charge in [0, 0.05) is 25.9 Å². The maximum atomic E-state index is 6.19. The van der Waals surface area contributed by atoms with Gasteiger partial charge >= 0.3 is 0 Å². The third kappa shape index (κ3) is 3.22. The quantitative estimate of drug-likeness (QED) is 0.873. The Morgan fingerprint density at radius 3 is 2.83 bits per heavy atom. The van der Waals surface area contributed by atoms with E-state index >= 15 is 0 Å². The number of aromatic nitrogens is 1. The minimum Gasteiger partial charge on any atom is -0.250 e. The van der Waals surface area contributed by atoms with Crippen molar-refractivity contribution in [2.24, 2.45) is 0 Å². The number of halogens is 2. The molecule has 1 aromatic carbocycles. The Kier molecular flexibility index (Phi) is 4.59. The molecule has 1 N–H and O–H groups in total. The standard InChI is InChI=1S/C12H13Cl2N3S/c1-17(2)16-7-11-15-6-10(18-11)8-4-3-5-9(13)12(8)14/h3-6,16H,7H2,1-2H3. The van der Waals surface area contributed by atoms with Crippen molar-refractivity contribution >= 4 is 34.5 Å². The highest BCUT2D eigenvalue weighted by atomic mass is 35.5. The van der Waals surface area contributed by atoms with Crippen LogP contribution in [0.3, 0.4) is 0 Å². The van der Waals surface area contributed by atoms with Crippen molar-refractivity contribution in [2.75, 3.05) is 14.1 Å².